The lowest BCUT2D eigenvalue weighted by atomic mass is 9.88. The lowest BCUT2D eigenvalue weighted by Gasteiger charge is -2.31. The maximum Gasteiger partial charge on any atom is 0.338 e. The number of benzene rings is 1. The highest BCUT2D eigenvalue weighted by molar-refractivity contribution is 5.88. The van der Waals surface area contributed by atoms with Gasteiger partial charge in [-0.3, -0.25) is 4.79 Å². The van der Waals surface area contributed by atoms with E-state index in [0.717, 1.165) is 12.1 Å². The second-order valence-corrected chi connectivity index (χ2v) is 4.94. The molecule has 0 spiro atoms. The molecule has 1 amide bonds. The van der Waals surface area contributed by atoms with Gasteiger partial charge >= 0.3 is 5.97 Å². The smallest absolute Gasteiger partial charge is 0.338 e. The first-order valence-electron chi connectivity index (χ1n) is 6.38. The topological polar surface area (TPSA) is 57.6 Å². The van der Waals surface area contributed by atoms with Gasteiger partial charge < -0.3 is 10.0 Å². The largest absolute Gasteiger partial charge is 0.478 e. The molecule has 0 saturated carbocycles. The van der Waals surface area contributed by atoms with Crippen LogP contribution in [0.4, 0.5) is 8.78 Å². The molecule has 6 heteroatoms. The van der Waals surface area contributed by atoms with Gasteiger partial charge in [0, 0.05) is 20.0 Å². The third kappa shape index (κ3) is 2.79. The van der Waals surface area contributed by atoms with E-state index < -0.39 is 23.2 Å². The number of amides is 1. The monoisotopic (exact) mass is 283 g/mol. The predicted octanol–water partition coefficient (Wildman–Crippen LogP) is 2.39. The number of aromatic carboxylic acids is 1. The number of hydrogen-bond donors (Lipinski definition) is 1. The highest BCUT2D eigenvalue weighted by Gasteiger charge is 2.26. The van der Waals surface area contributed by atoms with Gasteiger partial charge in [0.05, 0.1) is 5.56 Å². The average Bonchev–Trinajstić information content (AvgIpc) is 2.40. The van der Waals surface area contributed by atoms with Gasteiger partial charge in [0.15, 0.2) is 0 Å². The Balaban J connectivity index is 2.20. The fourth-order valence-corrected chi connectivity index (χ4v) is 2.54. The zero-order valence-corrected chi connectivity index (χ0v) is 11.0. The van der Waals surface area contributed by atoms with Crippen LogP contribution in [-0.2, 0) is 4.79 Å². The number of nitrogens with zero attached hydrogens (tertiary/aromatic N) is 1. The second-order valence-electron chi connectivity index (χ2n) is 4.94. The molecular formula is C14H15F2NO3. The highest BCUT2D eigenvalue weighted by Crippen LogP contribution is 2.31. The van der Waals surface area contributed by atoms with Crippen molar-refractivity contribution >= 4 is 11.9 Å². The number of carbonyl (C=O) groups excluding carboxylic acids is 1. The van der Waals surface area contributed by atoms with E-state index in [0.29, 0.717) is 25.9 Å². The summed E-state index contributed by atoms with van der Waals surface area (Å²) in [5.74, 6) is -3.34. The van der Waals surface area contributed by atoms with Crippen molar-refractivity contribution in [1.82, 2.24) is 4.90 Å². The van der Waals surface area contributed by atoms with Crippen molar-refractivity contribution in [2.45, 2.75) is 25.7 Å². The molecule has 1 fully saturated rings. The highest BCUT2D eigenvalue weighted by atomic mass is 19.1. The Morgan fingerprint density at radius 3 is 2.30 bits per heavy atom. The van der Waals surface area contributed by atoms with Crippen LogP contribution in [0.5, 0.6) is 0 Å². The summed E-state index contributed by atoms with van der Waals surface area (Å²) in [6.07, 6.45) is 1.09. The zero-order chi connectivity index (χ0) is 14.9. The number of carbonyl (C=O) groups is 2. The Hall–Kier alpha value is -1.98. The summed E-state index contributed by atoms with van der Waals surface area (Å²) in [6.45, 7) is 2.48. The molecule has 0 aliphatic carbocycles. The van der Waals surface area contributed by atoms with Crippen molar-refractivity contribution in [1.29, 1.82) is 0 Å². The summed E-state index contributed by atoms with van der Waals surface area (Å²) in [7, 11) is 0. The molecule has 1 aromatic rings. The molecule has 1 heterocycles. The van der Waals surface area contributed by atoms with E-state index in [1.807, 2.05) is 0 Å². The molecule has 4 nitrogen and oxygen atoms in total. The number of carboxylic acids is 1. The van der Waals surface area contributed by atoms with E-state index in [9.17, 15) is 18.4 Å². The quantitative estimate of drug-likeness (QED) is 0.906. The van der Waals surface area contributed by atoms with Crippen LogP contribution in [-0.4, -0.2) is 35.0 Å². The first kappa shape index (κ1) is 14.4. The average molecular weight is 283 g/mol. The van der Waals surface area contributed by atoms with E-state index in [-0.39, 0.29) is 17.4 Å². The third-order valence-electron chi connectivity index (χ3n) is 3.70. The minimum absolute atomic E-state index is 0.0312. The Morgan fingerprint density at radius 2 is 1.80 bits per heavy atom. The van der Waals surface area contributed by atoms with Gasteiger partial charge in [-0.1, -0.05) is 0 Å². The fraction of sp³-hybridized carbons (Fsp3) is 0.429. The van der Waals surface area contributed by atoms with Gasteiger partial charge in [0.25, 0.3) is 0 Å². The van der Waals surface area contributed by atoms with Crippen molar-refractivity contribution in [2.75, 3.05) is 13.1 Å². The van der Waals surface area contributed by atoms with Gasteiger partial charge in [-0.15, -0.1) is 0 Å². The van der Waals surface area contributed by atoms with Crippen LogP contribution in [0.15, 0.2) is 12.1 Å². The van der Waals surface area contributed by atoms with Crippen LogP contribution < -0.4 is 0 Å². The van der Waals surface area contributed by atoms with Crippen LogP contribution in [0.1, 0.15) is 41.6 Å². The molecule has 1 aliphatic heterocycles. The Kier molecular flexibility index (Phi) is 4.01. The summed E-state index contributed by atoms with van der Waals surface area (Å²) in [5, 5.41) is 8.74. The lowest BCUT2D eigenvalue weighted by molar-refractivity contribution is -0.129. The number of carboxylic acid groups (broad SMARTS) is 1. The summed E-state index contributed by atoms with van der Waals surface area (Å²) in [5.41, 5.74) is -0.469. The molecule has 0 bridgehead atoms. The van der Waals surface area contributed by atoms with Crippen molar-refractivity contribution < 1.29 is 23.5 Å². The van der Waals surface area contributed by atoms with E-state index in [2.05, 4.69) is 0 Å². The molecule has 1 aliphatic rings. The molecule has 1 N–H and O–H groups in total. The Labute approximate surface area is 115 Å². The molecule has 20 heavy (non-hydrogen) atoms. The lowest BCUT2D eigenvalue weighted by Crippen LogP contribution is -2.36. The molecule has 0 aromatic heterocycles. The van der Waals surface area contributed by atoms with Crippen molar-refractivity contribution in [3.05, 3.63) is 34.9 Å². The molecule has 2 rings (SSSR count). The minimum atomic E-state index is -1.49. The molecule has 1 saturated heterocycles. The minimum Gasteiger partial charge on any atom is -0.478 e. The maximum absolute atomic E-state index is 13.9. The summed E-state index contributed by atoms with van der Waals surface area (Å²) < 4.78 is 27.5. The van der Waals surface area contributed by atoms with Gasteiger partial charge in [-0.05, 0) is 36.5 Å². The van der Waals surface area contributed by atoms with E-state index in [1.54, 1.807) is 4.90 Å². The number of rotatable bonds is 2. The number of halogens is 2. The van der Waals surface area contributed by atoms with Gasteiger partial charge in [0.1, 0.15) is 11.6 Å². The van der Waals surface area contributed by atoms with Gasteiger partial charge in [-0.2, -0.15) is 0 Å². The van der Waals surface area contributed by atoms with Crippen molar-refractivity contribution in [3.8, 4) is 0 Å². The fourth-order valence-electron chi connectivity index (χ4n) is 2.54. The van der Waals surface area contributed by atoms with Crippen molar-refractivity contribution in [3.63, 3.8) is 0 Å². The number of piperidine rings is 1. The SMILES string of the molecule is CC(=O)N1CCC(c2cc(F)c(C(=O)O)cc2F)CC1. The molecule has 0 radical (unpaired) electrons. The third-order valence-corrected chi connectivity index (χ3v) is 3.70. The summed E-state index contributed by atoms with van der Waals surface area (Å²) in [6, 6.07) is 1.69. The molecule has 1 aromatic carbocycles. The van der Waals surface area contributed by atoms with Gasteiger partial charge in [-0.25, -0.2) is 13.6 Å². The summed E-state index contributed by atoms with van der Waals surface area (Å²) >= 11 is 0. The predicted molar refractivity (Wildman–Crippen MR) is 67.5 cm³/mol. The van der Waals surface area contributed by atoms with Crippen LogP contribution in [0.3, 0.4) is 0 Å². The number of likely N-dealkylation sites (tertiary alicyclic amines) is 1. The summed E-state index contributed by atoms with van der Waals surface area (Å²) in [4.78, 5) is 23.6. The normalized spacial score (nSPS) is 16.2. The standard InChI is InChI=1S/C14H15F2NO3/c1-8(18)17-4-2-9(3-5-17)10-6-13(16)11(14(19)20)7-12(10)15/h6-7,9H,2-5H2,1H3,(H,19,20). The molecular weight excluding hydrogens is 268 g/mol. The van der Waals surface area contributed by atoms with Gasteiger partial charge in [0.2, 0.25) is 5.91 Å². The van der Waals surface area contributed by atoms with E-state index >= 15 is 0 Å². The van der Waals surface area contributed by atoms with Crippen LogP contribution in [0, 0.1) is 11.6 Å². The van der Waals surface area contributed by atoms with E-state index in [1.165, 1.54) is 6.92 Å². The second kappa shape index (κ2) is 5.56. The maximum atomic E-state index is 13.9. The van der Waals surface area contributed by atoms with Crippen LogP contribution >= 0.6 is 0 Å². The molecule has 0 unspecified atom stereocenters. The van der Waals surface area contributed by atoms with Crippen LogP contribution in [0.25, 0.3) is 0 Å². The van der Waals surface area contributed by atoms with Crippen LogP contribution in [0.2, 0.25) is 0 Å². The Bertz CT molecular complexity index is 552. The first-order valence-corrected chi connectivity index (χ1v) is 6.38. The zero-order valence-electron chi connectivity index (χ0n) is 11.0. The first-order chi connectivity index (χ1) is 9.40. The van der Waals surface area contributed by atoms with E-state index in [4.69, 9.17) is 5.11 Å². The van der Waals surface area contributed by atoms with Crippen molar-refractivity contribution in [2.24, 2.45) is 0 Å². The molecule has 0 atom stereocenters. The molecule has 108 valence electrons. The Morgan fingerprint density at radius 1 is 1.20 bits per heavy atom. The number of hydrogen-bond acceptors (Lipinski definition) is 2.